The second-order valence-corrected chi connectivity index (χ2v) is 4.99. The molecule has 1 aromatic carbocycles. The number of aryl methyl sites for hydroxylation is 1. The number of hydrogen-bond donors (Lipinski definition) is 1. The van der Waals surface area contributed by atoms with Gasteiger partial charge in [-0.2, -0.15) is 0 Å². The number of benzene rings is 1. The highest BCUT2D eigenvalue weighted by atomic mass is 16.6. The number of carbonyl (C=O) groups excluding carboxylic acids is 2. The number of carbonyl (C=O) groups is 2. The highest BCUT2D eigenvalue weighted by molar-refractivity contribution is 6.23. The molecule has 2 heterocycles. The summed E-state index contributed by atoms with van der Waals surface area (Å²) in [6.07, 6.45) is 0. The summed E-state index contributed by atoms with van der Waals surface area (Å²) in [7, 11) is 0. The van der Waals surface area contributed by atoms with Gasteiger partial charge in [0, 0.05) is 11.8 Å². The highest BCUT2D eigenvalue weighted by Crippen LogP contribution is 2.30. The van der Waals surface area contributed by atoms with Crippen molar-refractivity contribution in [3.63, 3.8) is 0 Å². The average Bonchev–Trinajstić information content (AvgIpc) is 2.77. The van der Waals surface area contributed by atoms with Gasteiger partial charge in [0.25, 0.3) is 17.5 Å². The van der Waals surface area contributed by atoms with Gasteiger partial charge in [-0.15, -0.1) is 0 Å². The van der Waals surface area contributed by atoms with Crippen LogP contribution in [0.5, 0.6) is 0 Å². The molecule has 2 aromatic rings. The lowest BCUT2D eigenvalue weighted by Crippen LogP contribution is -2.34. The number of fused-ring (bicyclic) bond motifs is 1. The predicted octanol–water partition coefficient (Wildman–Crippen LogP) is 1.96. The van der Waals surface area contributed by atoms with Crippen LogP contribution in [-0.2, 0) is 0 Å². The van der Waals surface area contributed by atoms with Crippen LogP contribution in [-0.4, -0.2) is 33.3 Å². The van der Waals surface area contributed by atoms with Crippen molar-refractivity contribution in [2.45, 2.75) is 6.92 Å². The maximum Gasteiger partial charge on any atom is 0.282 e. The minimum Gasteiger partial charge on any atom is -0.352 e. The highest BCUT2D eigenvalue weighted by Gasteiger charge is 2.40. The van der Waals surface area contributed by atoms with Gasteiger partial charge in [0.15, 0.2) is 0 Å². The van der Waals surface area contributed by atoms with Crippen LogP contribution >= 0.6 is 0 Å². The molecular formula is C15H12N4O4. The lowest BCUT2D eigenvalue weighted by atomic mass is 10.1. The molecule has 3 rings (SSSR count). The fraction of sp³-hybridized carbons (Fsp3) is 0.133. The molecule has 1 N–H and O–H groups in total. The number of amides is 2. The van der Waals surface area contributed by atoms with Crippen molar-refractivity contribution in [2.75, 3.05) is 12.0 Å². The number of rotatable bonds is 4. The summed E-state index contributed by atoms with van der Waals surface area (Å²) in [5, 5.41) is 13.9. The number of nitrogens with one attached hydrogen (secondary N) is 1. The number of anilines is 1. The molecular weight excluding hydrogens is 300 g/mol. The van der Waals surface area contributed by atoms with Gasteiger partial charge < -0.3 is 5.32 Å². The Hall–Kier alpha value is -3.29. The molecule has 1 aliphatic heterocycles. The maximum absolute atomic E-state index is 12.4. The fourth-order valence-electron chi connectivity index (χ4n) is 2.41. The van der Waals surface area contributed by atoms with Crippen molar-refractivity contribution in [2.24, 2.45) is 0 Å². The van der Waals surface area contributed by atoms with Gasteiger partial charge in [0.05, 0.1) is 17.2 Å². The van der Waals surface area contributed by atoms with Crippen molar-refractivity contribution in [3.8, 4) is 0 Å². The number of pyridine rings is 1. The zero-order valence-electron chi connectivity index (χ0n) is 12.1. The number of nitro groups is 1. The maximum atomic E-state index is 12.4. The number of nitro benzene ring substituents is 1. The molecule has 0 bridgehead atoms. The van der Waals surface area contributed by atoms with E-state index in [-0.39, 0.29) is 23.5 Å². The smallest absolute Gasteiger partial charge is 0.282 e. The van der Waals surface area contributed by atoms with E-state index in [0.29, 0.717) is 5.82 Å². The average molecular weight is 312 g/mol. The Labute approximate surface area is 130 Å². The Morgan fingerprint density at radius 1 is 1.17 bits per heavy atom. The molecule has 0 unspecified atom stereocenters. The predicted molar refractivity (Wildman–Crippen MR) is 81.1 cm³/mol. The van der Waals surface area contributed by atoms with Gasteiger partial charge in [-0.05, 0) is 25.1 Å². The van der Waals surface area contributed by atoms with E-state index < -0.39 is 16.7 Å². The molecule has 23 heavy (non-hydrogen) atoms. The van der Waals surface area contributed by atoms with Crippen LogP contribution in [0.4, 0.5) is 11.5 Å². The zero-order valence-corrected chi connectivity index (χ0v) is 12.1. The van der Waals surface area contributed by atoms with Gasteiger partial charge in [-0.1, -0.05) is 12.1 Å². The van der Waals surface area contributed by atoms with Crippen molar-refractivity contribution < 1.29 is 14.5 Å². The molecule has 8 heteroatoms. The molecule has 0 atom stereocenters. The standard InChI is InChI=1S/C15H12N4O4/c1-9-4-2-7-12(17-9)16-8-18-14(20)10-5-3-6-11(19(22)23)13(10)15(18)21/h2-7H,8H2,1H3,(H,16,17). The van der Waals surface area contributed by atoms with Crippen LogP contribution in [0, 0.1) is 17.0 Å². The zero-order chi connectivity index (χ0) is 16.6. The van der Waals surface area contributed by atoms with Gasteiger partial charge in [0.1, 0.15) is 11.4 Å². The summed E-state index contributed by atoms with van der Waals surface area (Å²) in [6, 6.07) is 9.32. The van der Waals surface area contributed by atoms with E-state index in [9.17, 15) is 19.7 Å². The van der Waals surface area contributed by atoms with E-state index in [0.717, 1.165) is 10.6 Å². The second-order valence-electron chi connectivity index (χ2n) is 4.99. The summed E-state index contributed by atoms with van der Waals surface area (Å²) in [4.78, 5) is 40.2. The Morgan fingerprint density at radius 2 is 1.91 bits per heavy atom. The van der Waals surface area contributed by atoms with Crippen LogP contribution in [0.1, 0.15) is 26.4 Å². The van der Waals surface area contributed by atoms with Crippen molar-refractivity contribution in [3.05, 3.63) is 63.3 Å². The van der Waals surface area contributed by atoms with E-state index in [1.807, 2.05) is 13.0 Å². The molecule has 0 saturated carbocycles. The molecule has 8 nitrogen and oxygen atoms in total. The Bertz CT molecular complexity index is 834. The Morgan fingerprint density at radius 3 is 2.61 bits per heavy atom. The van der Waals surface area contributed by atoms with Crippen LogP contribution in [0.15, 0.2) is 36.4 Å². The summed E-state index contributed by atoms with van der Waals surface area (Å²) < 4.78 is 0. The lowest BCUT2D eigenvalue weighted by Gasteiger charge is -2.15. The van der Waals surface area contributed by atoms with Gasteiger partial charge in [-0.25, -0.2) is 4.98 Å². The van der Waals surface area contributed by atoms with E-state index in [2.05, 4.69) is 10.3 Å². The van der Waals surface area contributed by atoms with E-state index in [1.54, 1.807) is 12.1 Å². The van der Waals surface area contributed by atoms with Crippen LogP contribution in [0.3, 0.4) is 0 Å². The number of imide groups is 1. The first-order valence-electron chi connectivity index (χ1n) is 6.80. The van der Waals surface area contributed by atoms with Crippen molar-refractivity contribution in [1.29, 1.82) is 0 Å². The molecule has 0 fully saturated rings. The molecule has 1 aliphatic rings. The minimum absolute atomic E-state index is 0.0446. The first kappa shape index (κ1) is 14.6. The van der Waals surface area contributed by atoms with Crippen molar-refractivity contribution in [1.82, 2.24) is 9.88 Å². The summed E-state index contributed by atoms with van der Waals surface area (Å²) in [5.41, 5.74) is 0.301. The Kier molecular flexibility index (Phi) is 3.49. The molecule has 0 saturated heterocycles. The quantitative estimate of drug-likeness (QED) is 0.525. The lowest BCUT2D eigenvalue weighted by molar-refractivity contribution is -0.385. The molecule has 0 spiro atoms. The van der Waals surface area contributed by atoms with Gasteiger partial charge in [0.2, 0.25) is 0 Å². The van der Waals surface area contributed by atoms with Crippen LogP contribution in [0.25, 0.3) is 0 Å². The summed E-state index contributed by atoms with van der Waals surface area (Å²) in [5.74, 6) is -0.734. The number of aromatic nitrogens is 1. The first-order valence-corrected chi connectivity index (χ1v) is 6.80. The molecule has 0 aliphatic carbocycles. The first-order chi connectivity index (χ1) is 11.0. The third kappa shape index (κ3) is 2.50. The topological polar surface area (TPSA) is 105 Å². The number of hydrogen-bond acceptors (Lipinski definition) is 6. The van der Waals surface area contributed by atoms with Crippen LogP contribution in [0.2, 0.25) is 0 Å². The monoisotopic (exact) mass is 312 g/mol. The third-order valence-corrected chi connectivity index (χ3v) is 3.48. The summed E-state index contributed by atoms with van der Waals surface area (Å²) >= 11 is 0. The van der Waals surface area contributed by atoms with Crippen molar-refractivity contribution >= 4 is 23.3 Å². The van der Waals surface area contributed by atoms with E-state index in [1.165, 1.54) is 18.2 Å². The molecule has 1 aromatic heterocycles. The van der Waals surface area contributed by atoms with Crippen LogP contribution < -0.4 is 5.32 Å². The summed E-state index contributed by atoms with van der Waals surface area (Å²) in [6.45, 7) is 1.70. The number of nitrogens with zero attached hydrogens (tertiary/aromatic N) is 3. The third-order valence-electron chi connectivity index (χ3n) is 3.48. The molecule has 2 amide bonds. The van der Waals surface area contributed by atoms with Gasteiger partial charge in [-0.3, -0.25) is 24.6 Å². The van der Waals surface area contributed by atoms with Gasteiger partial charge >= 0.3 is 0 Å². The minimum atomic E-state index is -0.683. The SMILES string of the molecule is Cc1cccc(NCN2C(=O)c3cccc([N+](=O)[O-])c3C2=O)n1. The normalized spacial score (nSPS) is 13.2. The van der Waals surface area contributed by atoms with E-state index >= 15 is 0 Å². The second kappa shape index (κ2) is 5.48. The Balaban J connectivity index is 1.86. The fourth-order valence-corrected chi connectivity index (χ4v) is 2.41. The largest absolute Gasteiger partial charge is 0.352 e. The molecule has 0 radical (unpaired) electrons. The van der Waals surface area contributed by atoms with E-state index in [4.69, 9.17) is 0 Å². The molecule has 116 valence electrons.